The lowest BCUT2D eigenvalue weighted by Gasteiger charge is -2.11. The molecule has 9 heteroatoms. The van der Waals surface area contributed by atoms with E-state index in [0.717, 1.165) is 0 Å². The van der Waals surface area contributed by atoms with Crippen LogP contribution in [0.25, 0.3) is 0 Å². The van der Waals surface area contributed by atoms with Crippen molar-refractivity contribution in [3.05, 3.63) is 46.5 Å². The third-order valence-electron chi connectivity index (χ3n) is 2.81. The van der Waals surface area contributed by atoms with Gasteiger partial charge in [0.25, 0.3) is 0 Å². The van der Waals surface area contributed by atoms with Crippen LogP contribution in [-0.4, -0.2) is 24.5 Å². The van der Waals surface area contributed by atoms with E-state index in [1.54, 1.807) is 29.4 Å². The van der Waals surface area contributed by atoms with Gasteiger partial charge >= 0.3 is 0 Å². The lowest BCUT2D eigenvalue weighted by Crippen LogP contribution is -2.27. The highest BCUT2D eigenvalue weighted by molar-refractivity contribution is 7.89. The zero-order valence-corrected chi connectivity index (χ0v) is 13.3. The molecular weight excluding hydrogens is 335 g/mol. The van der Waals surface area contributed by atoms with Crippen LogP contribution in [0.15, 0.2) is 35.7 Å². The van der Waals surface area contributed by atoms with Gasteiger partial charge in [-0.1, -0.05) is 23.2 Å². The minimum Gasteiger partial charge on any atom is -0.336 e. The molecule has 21 heavy (non-hydrogen) atoms. The highest BCUT2D eigenvalue weighted by atomic mass is 35.5. The van der Waals surface area contributed by atoms with E-state index in [1.807, 2.05) is 0 Å². The summed E-state index contributed by atoms with van der Waals surface area (Å²) in [4.78, 5) is 3.81. The van der Waals surface area contributed by atoms with Crippen molar-refractivity contribution < 1.29 is 8.42 Å². The van der Waals surface area contributed by atoms with Gasteiger partial charge in [0.1, 0.15) is 4.90 Å². The second kappa shape index (κ2) is 6.76. The lowest BCUT2D eigenvalue weighted by molar-refractivity contribution is 0.572. The van der Waals surface area contributed by atoms with Crippen LogP contribution in [0, 0.1) is 0 Å². The molecule has 0 fully saturated rings. The Hall–Kier alpha value is -1.12. The van der Waals surface area contributed by atoms with Crippen LogP contribution in [-0.2, 0) is 23.1 Å². The molecule has 0 unspecified atom stereocenters. The fraction of sp³-hybridized carbons (Fsp3) is 0.250. The largest absolute Gasteiger partial charge is 0.336 e. The number of aromatic nitrogens is 2. The lowest BCUT2D eigenvalue weighted by atomic mass is 10.2. The first-order chi connectivity index (χ1) is 9.94. The maximum absolute atomic E-state index is 12.3. The summed E-state index contributed by atoms with van der Waals surface area (Å²) < 4.78 is 28.8. The molecule has 114 valence electrons. The highest BCUT2D eigenvalue weighted by Gasteiger charge is 2.20. The van der Waals surface area contributed by atoms with Gasteiger partial charge in [0.2, 0.25) is 10.0 Å². The van der Waals surface area contributed by atoms with Crippen LogP contribution < -0.4 is 10.5 Å². The van der Waals surface area contributed by atoms with E-state index in [1.165, 1.54) is 6.07 Å². The van der Waals surface area contributed by atoms with E-state index >= 15 is 0 Å². The summed E-state index contributed by atoms with van der Waals surface area (Å²) in [5.74, 6) is 0. The number of nitrogens with one attached hydrogen (secondary N) is 1. The van der Waals surface area contributed by atoms with E-state index < -0.39 is 10.0 Å². The van der Waals surface area contributed by atoms with Crippen molar-refractivity contribution in [3.63, 3.8) is 0 Å². The molecule has 0 bridgehead atoms. The molecule has 1 aromatic heterocycles. The normalized spacial score (nSPS) is 11.8. The third kappa shape index (κ3) is 3.96. The second-order valence-electron chi connectivity index (χ2n) is 4.28. The van der Waals surface area contributed by atoms with Crippen LogP contribution in [0.5, 0.6) is 0 Å². The summed E-state index contributed by atoms with van der Waals surface area (Å²) in [7, 11) is -3.75. The molecule has 2 rings (SSSR count). The average molecular weight is 349 g/mol. The van der Waals surface area contributed by atoms with Crippen LogP contribution in [0.4, 0.5) is 0 Å². The third-order valence-corrected chi connectivity index (χ3v) is 5.07. The summed E-state index contributed by atoms with van der Waals surface area (Å²) >= 11 is 12.0. The Morgan fingerprint density at radius 1 is 1.33 bits per heavy atom. The number of benzene rings is 1. The molecule has 0 saturated heterocycles. The maximum atomic E-state index is 12.3. The van der Waals surface area contributed by atoms with Crippen LogP contribution >= 0.6 is 23.2 Å². The Balaban J connectivity index is 2.17. The second-order valence-corrected chi connectivity index (χ2v) is 6.83. The van der Waals surface area contributed by atoms with Crippen molar-refractivity contribution in [1.82, 2.24) is 14.3 Å². The number of rotatable bonds is 6. The Morgan fingerprint density at radius 2 is 2.10 bits per heavy atom. The van der Waals surface area contributed by atoms with E-state index in [2.05, 4.69) is 9.71 Å². The van der Waals surface area contributed by atoms with E-state index in [4.69, 9.17) is 28.9 Å². The monoisotopic (exact) mass is 348 g/mol. The van der Waals surface area contributed by atoms with Gasteiger partial charge in [-0.25, -0.2) is 18.1 Å². The number of hydrogen-bond donors (Lipinski definition) is 2. The molecular formula is C12H14Cl2N4O2S. The predicted octanol–water partition coefficient (Wildman–Crippen LogP) is 1.63. The van der Waals surface area contributed by atoms with Gasteiger partial charge in [-0.3, -0.25) is 0 Å². The first kappa shape index (κ1) is 16.3. The Kier molecular flexibility index (Phi) is 5.23. The molecule has 3 N–H and O–H groups in total. The molecule has 0 aliphatic carbocycles. The predicted molar refractivity (Wildman–Crippen MR) is 81.8 cm³/mol. The number of imidazole rings is 1. The highest BCUT2D eigenvalue weighted by Crippen LogP contribution is 2.29. The Labute approximate surface area is 132 Å². The quantitative estimate of drug-likeness (QED) is 0.829. The number of nitrogens with two attached hydrogens (primary N) is 1. The molecule has 2 aromatic rings. The SMILES string of the molecule is NCc1cc(Cl)cc(S(=O)(=O)NCCn2ccnc2)c1Cl. The van der Waals surface area contributed by atoms with Crippen molar-refractivity contribution >= 4 is 33.2 Å². The summed E-state index contributed by atoms with van der Waals surface area (Å²) in [6, 6.07) is 2.86. The van der Waals surface area contributed by atoms with Gasteiger partial charge in [0.05, 0.1) is 11.3 Å². The zero-order valence-electron chi connectivity index (χ0n) is 11.0. The standard InChI is InChI=1S/C12H14Cl2N4O2S/c13-10-5-9(7-15)12(14)11(6-10)21(19,20)17-2-4-18-3-1-16-8-18/h1,3,5-6,8,17H,2,4,7,15H2. The van der Waals surface area contributed by atoms with Gasteiger partial charge in [0.15, 0.2) is 0 Å². The summed E-state index contributed by atoms with van der Waals surface area (Å²) in [6.07, 6.45) is 4.97. The van der Waals surface area contributed by atoms with Gasteiger partial charge in [-0.15, -0.1) is 0 Å². The van der Waals surface area contributed by atoms with E-state index in [0.29, 0.717) is 12.1 Å². The molecule has 0 aliphatic heterocycles. The molecule has 0 aliphatic rings. The minimum atomic E-state index is -3.75. The fourth-order valence-corrected chi connectivity index (χ4v) is 3.73. The summed E-state index contributed by atoms with van der Waals surface area (Å²) in [5.41, 5.74) is 6.01. The van der Waals surface area contributed by atoms with Gasteiger partial charge in [-0.2, -0.15) is 0 Å². The van der Waals surface area contributed by atoms with Crippen LogP contribution in [0.1, 0.15) is 5.56 Å². The fourth-order valence-electron chi connectivity index (χ4n) is 1.77. The molecule has 0 saturated carbocycles. The van der Waals surface area contributed by atoms with Crippen molar-refractivity contribution in [3.8, 4) is 0 Å². The minimum absolute atomic E-state index is 0.0669. The first-order valence-electron chi connectivity index (χ1n) is 6.07. The smallest absolute Gasteiger partial charge is 0.242 e. The molecule has 6 nitrogen and oxygen atoms in total. The molecule has 1 aromatic carbocycles. The van der Waals surface area contributed by atoms with Crippen LogP contribution in [0.3, 0.4) is 0 Å². The Morgan fingerprint density at radius 3 is 2.71 bits per heavy atom. The van der Waals surface area contributed by atoms with Crippen molar-refractivity contribution in [2.24, 2.45) is 5.73 Å². The van der Waals surface area contributed by atoms with E-state index in [-0.39, 0.29) is 28.0 Å². The van der Waals surface area contributed by atoms with Gasteiger partial charge in [0, 0.05) is 37.1 Å². The summed E-state index contributed by atoms with van der Waals surface area (Å²) in [6.45, 7) is 0.775. The van der Waals surface area contributed by atoms with E-state index in [9.17, 15) is 8.42 Å². The number of sulfonamides is 1. The topological polar surface area (TPSA) is 90.0 Å². The number of hydrogen-bond acceptors (Lipinski definition) is 4. The molecule has 1 heterocycles. The van der Waals surface area contributed by atoms with Crippen molar-refractivity contribution in [2.75, 3.05) is 6.54 Å². The van der Waals surface area contributed by atoms with Gasteiger partial charge in [-0.05, 0) is 17.7 Å². The molecule has 0 radical (unpaired) electrons. The molecule has 0 amide bonds. The molecule has 0 atom stereocenters. The van der Waals surface area contributed by atoms with Gasteiger partial charge < -0.3 is 10.3 Å². The first-order valence-corrected chi connectivity index (χ1v) is 8.31. The molecule has 0 spiro atoms. The van der Waals surface area contributed by atoms with Crippen molar-refractivity contribution in [1.29, 1.82) is 0 Å². The number of halogens is 2. The zero-order chi connectivity index (χ0) is 15.5. The maximum Gasteiger partial charge on any atom is 0.242 e. The summed E-state index contributed by atoms with van der Waals surface area (Å²) in [5, 5.41) is 0.367. The Bertz CT molecular complexity index is 717. The number of nitrogens with zero attached hydrogens (tertiary/aromatic N) is 2. The average Bonchev–Trinajstić information content (AvgIpc) is 2.93. The van der Waals surface area contributed by atoms with Crippen LogP contribution in [0.2, 0.25) is 10.0 Å². The van der Waals surface area contributed by atoms with Crippen molar-refractivity contribution in [2.45, 2.75) is 18.0 Å².